The van der Waals surface area contributed by atoms with Gasteiger partial charge in [-0.3, -0.25) is 4.79 Å². The van der Waals surface area contributed by atoms with E-state index in [4.69, 9.17) is 4.98 Å². The second kappa shape index (κ2) is 12.8. The number of urea groups is 1. The lowest BCUT2D eigenvalue weighted by Crippen LogP contribution is -2.43. The first-order valence-electron chi connectivity index (χ1n) is 13.5. The molecule has 1 aliphatic rings. The normalized spacial score (nSPS) is 12.6. The third kappa shape index (κ3) is 6.45. The second-order valence-electron chi connectivity index (χ2n) is 10.2. The van der Waals surface area contributed by atoms with Gasteiger partial charge in [-0.05, 0) is 75.3 Å². The third-order valence-corrected chi connectivity index (χ3v) is 7.63. The van der Waals surface area contributed by atoms with Gasteiger partial charge in [-0.25, -0.2) is 23.5 Å². The largest absolute Gasteiger partial charge is 0.353 e. The SMILES string of the molecule is CSc1cccc(NC(=O)c2ccc(C)c(-c3nc(NCCN(C)C)nc4c3CNC(=O)N4c3c(F)cccc3F)c2)c1. The second-order valence-corrected chi connectivity index (χ2v) is 11.1. The number of hydrogen-bond acceptors (Lipinski definition) is 7. The number of anilines is 4. The fourth-order valence-electron chi connectivity index (χ4n) is 4.68. The van der Waals surface area contributed by atoms with Crippen molar-refractivity contribution in [1.29, 1.82) is 0 Å². The molecule has 0 fully saturated rings. The summed E-state index contributed by atoms with van der Waals surface area (Å²) in [5.74, 6) is -1.91. The average molecular weight is 604 g/mol. The molecule has 3 aromatic carbocycles. The van der Waals surface area contributed by atoms with Crippen LogP contribution >= 0.6 is 11.8 Å². The molecule has 0 spiro atoms. The number of aromatic nitrogens is 2. The number of halogens is 2. The van der Waals surface area contributed by atoms with Gasteiger partial charge in [-0.15, -0.1) is 11.8 Å². The summed E-state index contributed by atoms with van der Waals surface area (Å²) in [5, 5.41) is 8.80. The number of para-hydroxylation sites is 1. The van der Waals surface area contributed by atoms with E-state index in [-0.39, 0.29) is 24.2 Å². The van der Waals surface area contributed by atoms with Crippen LogP contribution in [0.5, 0.6) is 0 Å². The van der Waals surface area contributed by atoms with E-state index in [0.717, 1.165) is 27.5 Å². The Morgan fingerprint density at radius 2 is 1.81 bits per heavy atom. The van der Waals surface area contributed by atoms with E-state index in [2.05, 4.69) is 20.9 Å². The number of fused-ring (bicyclic) bond motifs is 1. The summed E-state index contributed by atoms with van der Waals surface area (Å²) in [6.07, 6.45) is 1.96. The van der Waals surface area contributed by atoms with Crippen molar-refractivity contribution in [1.82, 2.24) is 20.2 Å². The topological polar surface area (TPSA) is 102 Å². The number of rotatable bonds is 9. The highest BCUT2D eigenvalue weighted by molar-refractivity contribution is 7.98. The molecule has 2 heterocycles. The minimum atomic E-state index is -0.911. The number of nitrogens with one attached hydrogen (secondary N) is 3. The van der Waals surface area contributed by atoms with Crippen LogP contribution in [0, 0.1) is 18.6 Å². The number of hydrogen-bond donors (Lipinski definition) is 3. The molecule has 43 heavy (non-hydrogen) atoms. The number of likely N-dealkylation sites (N-methyl/N-ethyl adjacent to an activating group) is 1. The van der Waals surface area contributed by atoms with Crippen molar-refractivity contribution < 1.29 is 18.4 Å². The molecule has 0 aliphatic carbocycles. The average Bonchev–Trinajstić information content (AvgIpc) is 2.98. The Labute approximate surface area is 252 Å². The molecular formula is C31H31F2N7O2S. The fraction of sp³-hybridized carbons (Fsp3) is 0.226. The van der Waals surface area contributed by atoms with Crippen LogP contribution in [0.3, 0.4) is 0 Å². The van der Waals surface area contributed by atoms with Crippen molar-refractivity contribution in [2.75, 3.05) is 49.0 Å². The standard InChI is InChI=1S/C31H31F2N7O2S/c1-18-11-12-19(29(41)36-20-7-5-8-21(16-20)43-4)15-22(18)26-23-17-35-31(42)40(27-24(32)9-6-10-25(27)33)28(23)38-30(37-26)34-13-14-39(2)3/h5-12,15-16H,13-14,17H2,1-4H3,(H,35,42)(H,36,41)(H,34,37,38). The maximum atomic E-state index is 15.0. The van der Waals surface area contributed by atoms with Crippen LogP contribution in [0.25, 0.3) is 11.3 Å². The lowest BCUT2D eigenvalue weighted by Gasteiger charge is -2.31. The maximum Gasteiger partial charge on any atom is 0.328 e. The Hall–Kier alpha value is -4.55. The molecule has 9 nitrogen and oxygen atoms in total. The van der Waals surface area contributed by atoms with Crippen molar-refractivity contribution in [2.45, 2.75) is 18.4 Å². The number of nitrogens with zero attached hydrogens (tertiary/aromatic N) is 4. The van der Waals surface area contributed by atoms with Crippen molar-refractivity contribution in [2.24, 2.45) is 0 Å². The van der Waals surface area contributed by atoms with E-state index in [0.29, 0.717) is 41.2 Å². The molecule has 0 saturated heterocycles. The minimum absolute atomic E-state index is 0.0192. The molecular weight excluding hydrogens is 572 g/mol. The number of benzene rings is 3. The highest BCUT2D eigenvalue weighted by atomic mass is 32.2. The van der Waals surface area contributed by atoms with Gasteiger partial charge in [0, 0.05) is 40.4 Å². The van der Waals surface area contributed by atoms with Gasteiger partial charge in [0.1, 0.15) is 17.3 Å². The molecule has 0 atom stereocenters. The van der Waals surface area contributed by atoms with E-state index in [1.165, 1.54) is 6.07 Å². The van der Waals surface area contributed by atoms with E-state index >= 15 is 0 Å². The Morgan fingerprint density at radius 1 is 1.07 bits per heavy atom. The number of aryl methyl sites for hydroxylation is 1. The molecule has 5 rings (SSSR count). The highest BCUT2D eigenvalue weighted by Crippen LogP contribution is 2.39. The molecule has 12 heteroatoms. The van der Waals surface area contributed by atoms with Gasteiger partial charge in [0.15, 0.2) is 5.82 Å². The molecule has 3 N–H and O–H groups in total. The van der Waals surface area contributed by atoms with Gasteiger partial charge in [0.25, 0.3) is 5.91 Å². The number of carbonyl (C=O) groups is 2. The first kappa shape index (κ1) is 29.9. The lowest BCUT2D eigenvalue weighted by molar-refractivity contribution is 0.102. The maximum absolute atomic E-state index is 15.0. The molecule has 222 valence electrons. The van der Waals surface area contributed by atoms with Crippen LogP contribution in [-0.4, -0.2) is 60.2 Å². The number of thioether (sulfide) groups is 1. The van der Waals surface area contributed by atoms with Crippen molar-refractivity contribution in [3.63, 3.8) is 0 Å². The summed E-state index contributed by atoms with van der Waals surface area (Å²) < 4.78 is 30.0. The van der Waals surface area contributed by atoms with Gasteiger partial charge in [0.05, 0.1) is 12.2 Å². The van der Waals surface area contributed by atoms with E-state index < -0.39 is 23.4 Å². The van der Waals surface area contributed by atoms with Crippen LogP contribution in [0.1, 0.15) is 21.5 Å². The molecule has 1 aliphatic heterocycles. The zero-order valence-corrected chi connectivity index (χ0v) is 25.0. The highest BCUT2D eigenvalue weighted by Gasteiger charge is 2.34. The molecule has 0 bridgehead atoms. The summed E-state index contributed by atoms with van der Waals surface area (Å²) in [5.41, 5.74) is 2.82. The Balaban J connectivity index is 1.62. The summed E-state index contributed by atoms with van der Waals surface area (Å²) in [6.45, 7) is 3.03. The molecule has 0 radical (unpaired) electrons. The van der Waals surface area contributed by atoms with Crippen LogP contribution in [0.4, 0.5) is 36.7 Å². The predicted molar refractivity (Wildman–Crippen MR) is 166 cm³/mol. The summed E-state index contributed by atoms with van der Waals surface area (Å²) in [6, 6.07) is 15.5. The van der Waals surface area contributed by atoms with Gasteiger partial charge in [-0.2, -0.15) is 4.98 Å². The predicted octanol–water partition coefficient (Wildman–Crippen LogP) is 6.04. The summed E-state index contributed by atoms with van der Waals surface area (Å²) in [4.78, 5) is 39.6. The molecule has 3 amide bonds. The van der Waals surface area contributed by atoms with Crippen LogP contribution in [0.2, 0.25) is 0 Å². The van der Waals surface area contributed by atoms with Gasteiger partial charge in [-0.1, -0.05) is 18.2 Å². The molecule has 4 aromatic rings. The minimum Gasteiger partial charge on any atom is -0.353 e. The van der Waals surface area contributed by atoms with Crippen LogP contribution < -0.4 is 20.9 Å². The Morgan fingerprint density at radius 3 is 2.53 bits per heavy atom. The third-order valence-electron chi connectivity index (χ3n) is 6.90. The smallest absolute Gasteiger partial charge is 0.328 e. The first-order chi connectivity index (χ1) is 20.7. The summed E-state index contributed by atoms with van der Waals surface area (Å²) in [7, 11) is 3.84. The summed E-state index contributed by atoms with van der Waals surface area (Å²) >= 11 is 1.57. The quantitative estimate of drug-likeness (QED) is 0.201. The van der Waals surface area contributed by atoms with Gasteiger partial charge in [0.2, 0.25) is 5.95 Å². The molecule has 0 unspecified atom stereocenters. The van der Waals surface area contributed by atoms with Crippen molar-refractivity contribution in [3.05, 3.63) is 89.0 Å². The first-order valence-corrected chi connectivity index (χ1v) is 14.8. The number of carbonyl (C=O) groups excluding carboxylic acids is 2. The number of amides is 3. The molecule has 0 saturated carbocycles. The fourth-order valence-corrected chi connectivity index (χ4v) is 5.14. The molecule has 1 aromatic heterocycles. The zero-order valence-electron chi connectivity index (χ0n) is 24.2. The van der Waals surface area contributed by atoms with Gasteiger partial charge >= 0.3 is 6.03 Å². The van der Waals surface area contributed by atoms with Crippen LogP contribution in [0.15, 0.2) is 65.6 Å². The monoisotopic (exact) mass is 603 g/mol. The van der Waals surface area contributed by atoms with Crippen molar-refractivity contribution in [3.8, 4) is 11.3 Å². The Kier molecular flexibility index (Phi) is 8.88. The Bertz CT molecular complexity index is 1680. The van der Waals surface area contributed by atoms with Gasteiger partial charge < -0.3 is 20.9 Å². The van der Waals surface area contributed by atoms with Crippen molar-refractivity contribution >= 4 is 46.8 Å². The zero-order chi connectivity index (χ0) is 30.7. The van der Waals surface area contributed by atoms with E-state index in [1.54, 1.807) is 23.9 Å². The van der Waals surface area contributed by atoms with E-state index in [1.807, 2.05) is 62.5 Å². The van der Waals surface area contributed by atoms with E-state index in [9.17, 15) is 18.4 Å². The van der Waals surface area contributed by atoms with Crippen LogP contribution in [-0.2, 0) is 6.54 Å². The lowest BCUT2D eigenvalue weighted by atomic mass is 9.97.